The van der Waals surface area contributed by atoms with Gasteiger partial charge in [-0.1, -0.05) is 6.07 Å². The highest BCUT2D eigenvalue weighted by Gasteiger charge is 2.33. The van der Waals surface area contributed by atoms with E-state index < -0.39 is 11.7 Å². The maximum absolute atomic E-state index is 12.7. The van der Waals surface area contributed by atoms with Gasteiger partial charge in [-0.05, 0) is 44.1 Å². The fraction of sp³-hybridized carbons (Fsp3) is 0.588. The van der Waals surface area contributed by atoms with Crippen molar-refractivity contribution in [2.75, 3.05) is 40.0 Å². The van der Waals surface area contributed by atoms with E-state index in [1.807, 2.05) is 0 Å². The Labute approximate surface area is 157 Å². The van der Waals surface area contributed by atoms with Crippen molar-refractivity contribution in [3.05, 3.63) is 29.8 Å². The van der Waals surface area contributed by atoms with Gasteiger partial charge in [0.05, 0.1) is 12.2 Å². The molecule has 0 unspecified atom stereocenters. The Morgan fingerprint density at radius 3 is 2.62 bits per heavy atom. The van der Waals surface area contributed by atoms with Crippen molar-refractivity contribution in [1.29, 1.82) is 0 Å². The molecule has 0 spiro atoms. The minimum Gasteiger partial charge on any atom is -0.484 e. The largest absolute Gasteiger partial charge is 0.484 e. The Kier molecular flexibility index (Phi) is 8.66. The summed E-state index contributed by atoms with van der Waals surface area (Å²) in [4.78, 5) is 12.0. The van der Waals surface area contributed by atoms with E-state index >= 15 is 0 Å². The Hall–Kier alpha value is -1.51. The van der Waals surface area contributed by atoms with Gasteiger partial charge < -0.3 is 20.1 Å². The normalized spacial score (nSPS) is 16.5. The number of carbonyl (C=O) groups is 1. The lowest BCUT2D eigenvalue weighted by molar-refractivity contribution is -0.137. The average Bonchev–Trinajstić information content (AvgIpc) is 2.59. The number of amides is 1. The van der Waals surface area contributed by atoms with Gasteiger partial charge in [0.2, 0.25) is 0 Å². The first-order valence-corrected chi connectivity index (χ1v) is 8.11. The van der Waals surface area contributed by atoms with Crippen molar-refractivity contribution in [2.24, 2.45) is 5.41 Å². The molecule has 2 rings (SSSR count). The maximum Gasteiger partial charge on any atom is 0.416 e. The predicted octanol–water partition coefficient (Wildman–Crippen LogP) is 2.64. The second-order valence-corrected chi connectivity index (χ2v) is 6.27. The number of halogens is 4. The molecule has 0 radical (unpaired) electrons. The fourth-order valence-corrected chi connectivity index (χ4v) is 2.88. The number of alkyl halides is 3. The summed E-state index contributed by atoms with van der Waals surface area (Å²) in [7, 11) is 1.63. The number of carbonyl (C=O) groups excluding carboxylic acids is 1. The van der Waals surface area contributed by atoms with E-state index in [-0.39, 0.29) is 36.1 Å². The first-order valence-electron chi connectivity index (χ1n) is 8.11. The third-order valence-electron chi connectivity index (χ3n) is 4.31. The Bertz CT molecular complexity index is 573. The summed E-state index contributed by atoms with van der Waals surface area (Å²) in [6.07, 6.45) is -2.67. The molecule has 148 valence electrons. The first-order chi connectivity index (χ1) is 11.8. The van der Waals surface area contributed by atoms with Crippen LogP contribution in [0.5, 0.6) is 5.75 Å². The highest BCUT2D eigenvalue weighted by molar-refractivity contribution is 5.85. The standard InChI is InChI=1S/C17H23F3N2O3.ClH/c1-24-12-16(5-7-21-8-6-16)11-22-15(23)10-25-14-4-2-3-13(9-14)17(18,19)20;/h2-4,9,21H,5-8,10-12H2,1H3,(H,22,23);1H. The quantitative estimate of drug-likeness (QED) is 0.744. The van der Waals surface area contributed by atoms with E-state index in [0.717, 1.165) is 38.1 Å². The van der Waals surface area contributed by atoms with Gasteiger partial charge in [-0.2, -0.15) is 13.2 Å². The van der Waals surface area contributed by atoms with Crippen LogP contribution < -0.4 is 15.4 Å². The summed E-state index contributed by atoms with van der Waals surface area (Å²) in [5.41, 5.74) is -0.926. The van der Waals surface area contributed by atoms with E-state index in [0.29, 0.717) is 13.2 Å². The summed E-state index contributed by atoms with van der Waals surface area (Å²) >= 11 is 0. The average molecular weight is 397 g/mol. The van der Waals surface area contributed by atoms with Crippen molar-refractivity contribution in [3.8, 4) is 5.75 Å². The minimum atomic E-state index is -4.44. The van der Waals surface area contributed by atoms with Crippen molar-refractivity contribution in [3.63, 3.8) is 0 Å². The van der Waals surface area contributed by atoms with Crippen LogP contribution in [0.4, 0.5) is 13.2 Å². The molecular formula is C17H24ClF3N2O3. The third-order valence-corrected chi connectivity index (χ3v) is 4.31. The van der Waals surface area contributed by atoms with Crippen molar-refractivity contribution in [1.82, 2.24) is 10.6 Å². The van der Waals surface area contributed by atoms with Gasteiger partial charge in [-0.25, -0.2) is 0 Å². The van der Waals surface area contributed by atoms with Gasteiger partial charge in [0.15, 0.2) is 6.61 Å². The van der Waals surface area contributed by atoms with E-state index in [2.05, 4.69) is 10.6 Å². The molecule has 1 aliphatic heterocycles. The van der Waals surface area contributed by atoms with Crippen LogP contribution in [-0.4, -0.2) is 45.9 Å². The molecule has 0 bridgehead atoms. The zero-order valence-corrected chi connectivity index (χ0v) is 15.3. The number of nitrogens with one attached hydrogen (secondary N) is 2. The molecule has 1 aromatic rings. The number of ether oxygens (including phenoxy) is 2. The lowest BCUT2D eigenvalue weighted by Gasteiger charge is -2.37. The third kappa shape index (κ3) is 6.66. The molecule has 0 atom stereocenters. The highest BCUT2D eigenvalue weighted by atomic mass is 35.5. The van der Waals surface area contributed by atoms with Crippen LogP contribution >= 0.6 is 12.4 Å². The van der Waals surface area contributed by atoms with Gasteiger partial charge in [0, 0.05) is 19.1 Å². The number of hydrogen-bond acceptors (Lipinski definition) is 4. The molecule has 1 aliphatic rings. The summed E-state index contributed by atoms with van der Waals surface area (Å²) in [5, 5.41) is 6.06. The van der Waals surface area contributed by atoms with Crippen LogP contribution in [0.2, 0.25) is 0 Å². The molecule has 1 heterocycles. The van der Waals surface area contributed by atoms with Crippen LogP contribution in [-0.2, 0) is 15.7 Å². The fourth-order valence-electron chi connectivity index (χ4n) is 2.88. The second-order valence-electron chi connectivity index (χ2n) is 6.27. The molecule has 1 amide bonds. The molecule has 0 aliphatic carbocycles. The molecule has 9 heteroatoms. The molecule has 1 fully saturated rings. The SMILES string of the molecule is COCC1(CNC(=O)COc2cccc(C(F)(F)F)c2)CCNCC1.Cl. The molecule has 1 saturated heterocycles. The molecule has 5 nitrogen and oxygen atoms in total. The van der Waals surface area contributed by atoms with E-state index in [1.165, 1.54) is 12.1 Å². The molecular weight excluding hydrogens is 373 g/mol. The predicted molar refractivity (Wildman–Crippen MR) is 93.6 cm³/mol. The topological polar surface area (TPSA) is 59.6 Å². The van der Waals surface area contributed by atoms with Gasteiger partial charge in [-0.15, -0.1) is 12.4 Å². The summed E-state index contributed by atoms with van der Waals surface area (Å²) in [5.74, 6) is -0.357. The van der Waals surface area contributed by atoms with Gasteiger partial charge >= 0.3 is 6.18 Å². The number of rotatable bonds is 7. The second kappa shape index (κ2) is 9.99. The van der Waals surface area contributed by atoms with E-state index in [4.69, 9.17) is 9.47 Å². The molecule has 26 heavy (non-hydrogen) atoms. The number of benzene rings is 1. The van der Waals surface area contributed by atoms with Crippen LogP contribution in [0.1, 0.15) is 18.4 Å². The van der Waals surface area contributed by atoms with E-state index in [1.54, 1.807) is 7.11 Å². The minimum absolute atomic E-state index is 0. The van der Waals surface area contributed by atoms with Gasteiger partial charge in [0.1, 0.15) is 5.75 Å². The summed E-state index contributed by atoms with van der Waals surface area (Å²) in [6.45, 7) is 2.39. The molecule has 0 aromatic heterocycles. The molecule has 2 N–H and O–H groups in total. The van der Waals surface area contributed by atoms with Crippen LogP contribution in [0.3, 0.4) is 0 Å². The van der Waals surface area contributed by atoms with Crippen molar-refractivity contribution in [2.45, 2.75) is 19.0 Å². The van der Waals surface area contributed by atoms with Crippen molar-refractivity contribution >= 4 is 18.3 Å². The summed E-state index contributed by atoms with van der Waals surface area (Å²) in [6, 6.07) is 4.48. The lowest BCUT2D eigenvalue weighted by Crippen LogP contribution is -2.47. The zero-order valence-electron chi connectivity index (χ0n) is 14.5. The summed E-state index contributed by atoms with van der Waals surface area (Å²) < 4.78 is 48.4. The van der Waals surface area contributed by atoms with Gasteiger partial charge in [-0.3, -0.25) is 4.79 Å². The highest BCUT2D eigenvalue weighted by Crippen LogP contribution is 2.31. The smallest absolute Gasteiger partial charge is 0.416 e. The lowest BCUT2D eigenvalue weighted by atomic mass is 9.79. The number of methoxy groups -OCH3 is 1. The zero-order chi connectivity index (χ0) is 18.3. The van der Waals surface area contributed by atoms with Crippen LogP contribution in [0, 0.1) is 5.41 Å². The Balaban J connectivity index is 0.00000338. The molecule has 1 aromatic carbocycles. The van der Waals surface area contributed by atoms with Gasteiger partial charge in [0.25, 0.3) is 5.91 Å². The Morgan fingerprint density at radius 1 is 1.31 bits per heavy atom. The maximum atomic E-state index is 12.7. The van der Waals surface area contributed by atoms with Crippen LogP contribution in [0.25, 0.3) is 0 Å². The molecule has 0 saturated carbocycles. The monoisotopic (exact) mass is 396 g/mol. The number of hydrogen-bond donors (Lipinski definition) is 2. The first kappa shape index (κ1) is 22.5. The van der Waals surface area contributed by atoms with Crippen LogP contribution in [0.15, 0.2) is 24.3 Å². The van der Waals surface area contributed by atoms with Crippen molar-refractivity contribution < 1.29 is 27.4 Å². The Morgan fingerprint density at radius 2 is 2.00 bits per heavy atom. The number of piperidine rings is 1. The van der Waals surface area contributed by atoms with E-state index in [9.17, 15) is 18.0 Å².